The fraction of sp³-hybridized carbons (Fsp3) is 0.278. The molecule has 1 saturated heterocycles. The van der Waals surface area contributed by atoms with Crippen LogP contribution in [0.3, 0.4) is 0 Å². The standard InChI is InChI=1S/C18H18FNO2/c19-16-8-4-7-15(11-16)17-12-20(18(21)13-22-17)10-9-14-5-2-1-3-6-14/h1-8,11,17H,9-10,12-13H2/t17-/m1/s1. The molecule has 1 heterocycles. The van der Waals surface area contributed by atoms with Gasteiger partial charge in [-0.2, -0.15) is 0 Å². The molecule has 114 valence electrons. The molecule has 1 aliphatic heterocycles. The molecular weight excluding hydrogens is 281 g/mol. The van der Waals surface area contributed by atoms with Gasteiger partial charge in [0.15, 0.2) is 0 Å². The summed E-state index contributed by atoms with van der Waals surface area (Å²) in [5.41, 5.74) is 1.97. The highest BCUT2D eigenvalue weighted by atomic mass is 19.1. The van der Waals surface area contributed by atoms with Gasteiger partial charge >= 0.3 is 0 Å². The number of halogens is 1. The molecule has 0 aliphatic carbocycles. The van der Waals surface area contributed by atoms with Gasteiger partial charge in [-0.25, -0.2) is 4.39 Å². The summed E-state index contributed by atoms with van der Waals surface area (Å²) in [5.74, 6) is -0.294. The van der Waals surface area contributed by atoms with Crippen LogP contribution in [0.25, 0.3) is 0 Å². The molecule has 0 bridgehead atoms. The molecule has 1 fully saturated rings. The first-order chi connectivity index (χ1) is 10.7. The van der Waals surface area contributed by atoms with E-state index in [1.165, 1.54) is 17.7 Å². The first-order valence-corrected chi connectivity index (χ1v) is 7.41. The number of nitrogens with zero attached hydrogens (tertiary/aromatic N) is 1. The molecule has 2 aromatic carbocycles. The van der Waals surface area contributed by atoms with Crippen LogP contribution in [0.4, 0.5) is 4.39 Å². The van der Waals surface area contributed by atoms with Crippen LogP contribution < -0.4 is 0 Å². The maximum atomic E-state index is 13.3. The molecule has 3 nitrogen and oxygen atoms in total. The molecule has 0 aromatic heterocycles. The zero-order valence-electron chi connectivity index (χ0n) is 12.2. The van der Waals surface area contributed by atoms with Crippen LogP contribution in [0, 0.1) is 5.82 Å². The average molecular weight is 299 g/mol. The van der Waals surface area contributed by atoms with Gasteiger partial charge in [0, 0.05) is 6.54 Å². The van der Waals surface area contributed by atoms with E-state index in [1.54, 1.807) is 11.0 Å². The van der Waals surface area contributed by atoms with Crippen LogP contribution in [-0.4, -0.2) is 30.5 Å². The average Bonchev–Trinajstić information content (AvgIpc) is 2.55. The third kappa shape index (κ3) is 3.52. The Labute approximate surface area is 129 Å². The number of carbonyl (C=O) groups is 1. The number of morpholine rings is 1. The first-order valence-electron chi connectivity index (χ1n) is 7.41. The molecule has 0 saturated carbocycles. The summed E-state index contributed by atoms with van der Waals surface area (Å²) in [6.07, 6.45) is 0.548. The van der Waals surface area contributed by atoms with E-state index < -0.39 is 0 Å². The van der Waals surface area contributed by atoms with Crippen molar-refractivity contribution in [2.45, 2.75) is 12.5 Å². The Morgan fingerprint density at radius 2 is 1.95 bits per heavy atom. The van der Waals surface area contributed by atoms with Crippen molar-refractivity contribution in [1.29, 1.82) is 0 Å². The summed E-state index contributed by atoms with van der Waals surface area (Å²) in [6, 6.07) is 16.4. The molecule has 3 rings (SSSR count). The molecule has 4 heteroatoms. The van der Waals surface area contributed by atoms with Crippen molar-refractivity contribution in [3.8, 4) is 0 Å². The summed E-state index contributed by atoms with van der Waals surface area (Å²) in [7, 11) is 0. The van der Waals surface area contributed by atoms with Crippen molar-refractivity contribution in [3.63, 3.8) is 0 Å². The van der Waals surface area contributed by atoms with E-state index in [4.69, 9.17) is 4.74 Å². The van der Waals surface area contributed by atoms with Gasteiger partial charge in [-0.05, 0) is 29.7 Å². The van der Waals surface area contributed by atoms with Crippen LogP contribution in [0.1, 0.15) is 17.2 Å². The van der Waals surface area contributed by atoms with Gasteiger partial charge in [-0.3, -0.25) is 4.79 Å². The van der Waals surface area contributed by atoms with Gasteiger partial charge < -0.3 is 9.64 Å². The fourth-order valence-electron chi connectivity index (χ4n) is 2.65. The number of hydrogen-bond acceptors (Lipinski definition) is 2. The van der Waals surface area contributed by atoms with Gasteiger partial charge in [-0.1, -0.05) is 42.5 Å². The van der Waals surface area contributed by atoms with E-state index >= 15 is 0 Å². The maximum Gasteiger partial charge on any atom is 0.248 e. The van der Waals surface area contributed by atoms with Crippen molar-refractivity contribution in [2.75, 3.05) is 19.7 Å². The maximum absolute atomic E-state index is 13.3. The smallest absolute Gasteiger partial charge is 0.248 e. The largest absolute Gasteiger partial charge is 0.362 e. The Hall–Kier alpha value is -2.20. The summed E-state index contributed by atoms with van der Waals surface area (Å²) >= 11 is 0. The minimum Gasteiger partial charge on any atom is -0.362 e. The van der Waals surface area contributed by atoms with Gasteiger partial charge in [0.25, 0.3) is 0 Å². The number of amides is 1. The van der Waals surface area contributed by atoms with E-state index in [9.17, 15) is 9.18 Å². The summed E-state index contributed by atoms with van der Waals surface area (Å²) < 4.78 is 18.9. The lowest BCUT2D eigenvalue weighted by Crippen LogP contribution is -2.44. The zero-order chi connectivity index (χ0) is 15.4. The Morgan fingerprint density at radius 3 is 2.73 bits per heavy atom. The predicted octanol–water partition coefficient (Wildman–Crippen LogP) is 2.97. The molecule has 0 unspecified atom stereocenters. The number of rotatable bonds is 4. The molecule has 0 radical (unpaired) electrons. The van der Waals surface area contributed by atoms with Crippen molar-refractivity contribution in [1.82, 2.24) is 4.90 Å². The fourth-order valence-corrected chi connectivity index (χ4v) is 2.65. The molecule has 0 spiro atoms. The van der Waals surface area contributed by atoms with Crippen molar-refractivity contribution >= 4 is 5.91 Å². The monoisotopic (exact) mass is 299 g/mol. The van der Waals surface area contributed by atoms with Crippen LogP contribution >= 0.6 is 0 Å². The predicted molar refractivity (Wildman–Crippen MR) is 81.8 cm³/mol. The summed E-state index contributed by atoms with van der Waals surface area (Å²) in [6.45, 7) is 1.17. The molecule has 2 aromatic rings. The van der Waals surface area contributed by atoms with Gasteiger partial charge in [0.2, 0.25) is 5.91 Å². The molecule has 1 aliphatic rings. The van der Waals surface area contributed by atoms with E-state index in [1.807, 2.05) is 24.3 Å². The van der Waals surface area contributed by atoms with Gasteiger partial charge in [0.05, 0.1) is 6.54 Å². The lowest BCUT2D eigenvalue weighted by atomic mass is 10.1. The lowest BCUT2D eigenvalue weighted by Gasteiger charge is -2.33. The highest BCUT2D eigenvalue weighted by Crippen LogP contribution is 2.23. The van der Waals surface area contributed by atoms with Crippen LogP contribution in [-0.2, 0) is 16.0 Å². The molecule has 1 amide bonds. The quantitative estimate of drug-likeness (QED) is 0.868. The molecule has 0 N–H and O–H groups in total. The highest BCUT2D eigenvalue weighted by Gasteiger charge is 2.27. The van der Waals surface area contributed by atoms with Crippen molar-refractivity contribution in [2.24, 2.45) is 0 Å². The van der Waals surface area contributed by atoms with Gasteiger partial charge in [0.1, 0.15) is 18.5 Å². The van der Waals surface area contributed by atoms with Crippen LogP contribution in [0.15, 0.2) is 54.6 Å². The van der Waals surface area contributed by atoms with Crippen LogP contribution in [0.2, 0.25) is 0 Å². The van der Waals surface area contributed by atoms with E-state index in [-0.39, 0.29) is 24.4 Å². The number of carbonyl (C=O) groups excluding carboxylic acids is 1. The van der Waals surface area contributed by atoms with Crippen molar-refractivity contribution in [3.05, 3.63) is 71.5 Å². The Morgan fingerprint density at radius 1 is 1.14 bits per heavy atom. The minimum atomic E-state index is -0.283. The Bertz CT molecular complexity index is 645. The summed E-state index contributed by atoms with van der Waals surface area (Å²) in [5, 5.41) is 0. The lowest BCUT2D eigenvalue weighted by molar-refractivity contribution is -0.149. The second-order valence-electron chi connectivity index (χ2n) is 5.43. The summed E-state index contributed by atoms with van der Waals surface area (Å²) in [4.78, 5) is 13.8. The SMILES string of the molecule is O=C1CO[C@@H](c2cccc(F)c2)CN1CCc1ccccc1. The van der Waals surface area contributed by atoms with E-state index in [2.05, 4.69) is 12.1 Å². The Balaban J connectivity index is 1.65. The highest BCUT2D eigenvalue weighted by molar-refractivity contribution is 5.78. The van der Waals surface area contributed by atoms with Crippen LogP contribution in [0.5, 0.6) is 0 Å². The third-order valence-electron chi connectivity index (χ3n) is 3.88. The van der Waals surface area contributed by atoms with Gasteiger partial charge in [-0.15, -0.1) is 0 Å². The normalized spacial score (nSPS) is 18.5. The molecule has 22 heavy (non-hydrogen) atoms. The second kappa shape index (κ2) is 6.71. The zero-order valence-corrected chi connectivity index (χ0v) is 12.2. The van der Waals surface area contributed by atoms with E-state index in [0.29, 0.717) is 13.1 Å². The number of hydrogen-bond donors (Lipinski definition) is 0. The second-order valence-corrected chi connectivity index (χ2v) is 5.43. The third-order valence-corrected chi connectivity index (χ3v) is 3.88. The van der Waals surface area contributed by atoms with E-state index in [0.717, 1.165) is 12.0 Å². The minimum absolute atomic E-state index is 0.0106. The Kier molecular flexibility index (Phi) is 4.49. The molecular formula is C18H18FNO2. The first kappa shape index (κ1) is 14.7. The van der Waals surface area contributed by atoms with Crippen molar-refractivity contribution < 1.29 is 13.9 Å². The number of benzene rings is 2. The molecule has 1 atom stereocenters. The topological polar surface area (TPSA) is 29.5 Å². The number of ether oxygens (including phenoxy) is 1.